The highest BCUT2D eigenvalue weighted by molar-refractivity contribution is 7.15. The summed E-state index contributed by atoms with van der Waals surface area (Å²) >= 11 is 1.72. The van der Waals surface area contributed by atoms with Crippen LogP contribution in [-0.4, -0.2) is 58.2 Å². The Balaban J connectivity index is 1.85. The highest BCUT2D eigenvalue weighted by Crippen LogP contribution is 2.34. The number of aromatic nitrogens is 2. The minimum absolute atomic E-state index is 0.0456. The Morgan fingerprint density at radius 3 is 2.58 bits per heavy atom. The Hall–Kier alpha value is -2.26. The molecular weight excluding hydrogens is 438 g/mol. The zero-order valence-electron chi connectivity index (χ0n) is 20.2. The van der Waals surface area contributed by atoms with Crippen LogP contribution in [0.3, 0.4) is 0 Å². The number of rotatable bonds is 12. The lowest BCUT2D eigenvalue weighted by Gasteiger charge is -2.16. The van der Waals surface area contributed by atoms with E-state index in [9.17, 15) is 5.11 Å². The van der Waals surface area contributed by atoms with Gasteiger partial charge in [-0.05, 0) is 74.7 Å². The van der Waals surface area contributed by atoms with Crippen molar-refractivity contribution in [1.82, 2.24) is 15.0 Å². The lowest BCUT2D eigenvalue weighted by Crippen LogP contribution is -2.22. The van der Waals surface area contributed by atoms with E-state index in [0.29, 0.717) is 11.7 Å². The van der Waals surface area contributed by atoms with Gasteiger partial charge in [0.1, 0.15) is 18.5 Å². The van der Waals surface area contributed by atoms with Gasteiger partial charge in [-0.25, -0.2) is 0 Å². The highest BCUT2D eigenvalue weighted by atomic mass is 32.1. The van der Waals surface area contributed by atoms with Crippen LogP contribution in [0.4, 0.5) is 0 Å². The van der Waals surface area contributed by atoms with Gasteiger partial charge in [-0.15, -0.1) is 11.3 Å². The molecule has 0 unspecified atom stereocenters. The fraction of sp³-hybridized carbons (Fsp3) is 0.520. The van der Waals surface area contributed by atoms with Crippen LogP contribution in [0.15, 0.2) is 22.7 Å². The van der Waals surface area contributed by atoms with Crippen LogP contribution < -0.4 is 4.74 Å². The van der Waals surface area contributed by atoms with Crippen LogP contribution in [0.5, 0.6) is 5.75 Å². The molecule has 0 aliphatic carbocycles. The van der Waals surface area contributed by atoms with E-state index in [0.717, 1.165) is 59.7 Å². The molecule has 0 fully saturated rings. The predicted molar refractivity (Wildman–Crippen MR) is 132 cm³/mol. The largest absolute Gasteiger partial charge is 0.490 e. The first-order valence-electron chi connectivity index (χ1n) is 11.6. The summed E-state index contributed by atoms with van der Waals surface area (Å²) in [5, 5.41) is 22.9. The Labute approximate surface area is 200 Å². The van der Waals surface area contributed by atoms with E-state index in [-0.39, 0.29) is 13.2 Å². The minimum atomic E-state index is -0.904. The van der Waals surface area contributed by atoms with Gasteiger partial charge in [-0.3, -0.25) is 0 Å². The second-order valence-corrected chi connectivity index (χ2v) is 9.49. The van der Waals surface area contributed by atoms with Gasteiger partial charge >= 0.3 is 0 Å². The lowest BCUT2D eigenvalue weighted by molar-refractivity contribution is 0.0531. The van der Waals surface area contributed by atoms with Gasteiger partial charge in [0.2, 0.25) is 5.82 Å². The molecule has 0 bridgehead atoms. The van der Waals surface area contributed by atoms with E-state index in [1.165, 1.54) is 10.4 Å². The normalized spacial score (nSPS) is 12.5. The number of aliphatic hydroxyl groups is 2. The van der Waals surface area contributed by atoms with Crippen LogP contribution >= 0.6 is 11.3 Å². The Bertz CT molecular complexity index is 1050. The van der Waals surface area contributed by atoms with Crippen molar-refractivity contribution >= 4 is 11.3 Å². The minimum Gasteiger partial charge on any atom is -0.490 e. The fourth-order valence-corrected chi connectivity index (χ4v) is 5.09. The molecule has 1 aromatic carbocycles. The Morgan fingerprint density at radius 2 is 1.91 bits per heavy atom. The zero-order chi connectivity index (χ0) is 24.0. The van der Waals surface area contributed by atoms with Gasteiger partial charge in [-0.2, -0.15) is 4.98 Å². The molecule has 8 heteroatoms. The first kappa shape index (κ1) is 25.4. The molecule has 3 rings (SSSR count). The smallest absolute Gasteiger partial charge is 0.268 e. The average Bonchev–Trinajstić information content (AvgIpc) is 3.44. The second-order valence-electron chi connectivity index (χ2n) is 8.36. The Morgan fingerprint density at radius 1 is 1.15 bits per heavy atom. The number of benzene rings is 1. The molecular formula is C25H35N3O4S. The van der Waals surface area contributed by atoms with Crippen molar-refractivity contribution in [1.29, 1.82) is 0 Å². The summed E-state index contributed by atoms with van der Waals surface area (Å²) < 4.78 is 11.4. The summed E-state index contributed by atoms with van der Waals surface area (Å²) in [5.74, 6) is 1.81. The molecule has 0 saturated heterocycles. The molecule has 33 heavy (non-hydrogen) atoms. The number of aliphatic hydroxyl groups excluding tert-OH is 2. The molecule has 0 aliphatic heterocycles. The molecule has 2 N–H and O–H groups in total. The maximum absolute atomic E-state index is 9.62. The van der Waals surface area contributed by atoms with Gasteiger partial charge in [0.05, 0.1) is 11.5 Å². The topological polar surface area (TPSA) is 91.9 Å². The number of aryl methyl sites for hydroxylation is 3. The van der Waals surface area contributed by atoms with Gasteiger partial charge < -0.3 is 24.4 Å². The predicted octanol–water partition coefficient (Wildman–Crippen LogP) is 4.47. The molecule has 0 radical (unpaired) electrons. The van der Waals surface area contributed by atoms with Crippen molar-refractivity contribution in [2.24, 2.45) is 0 Å². The summed E-state index contributed by atoms with van der Waals surface area (Å²) in [7, 11) is 2.15. The van der Waals surface area contributed by atoms with Crippen molar-refractivity contribution in [2.75, 3.05) is 26.8 Å². The first-order valence-corrected chi connectivity index (χ1v) is 12.4. The van der Waals surface area contributed by atoms with Crippen molar-refractivity contribution < 1.29 is 19.5 Å². The van der Waals surface area contributed by atoms with E-state index < -0.39 is 6.10 Å². The van der Waals surface area contributed by atoms with Gasteiger partial charge in [0, 0.05) is 17.0 Å². The van der Waals surface area contributed by atoms with Crippen LogP contribution in [-0.2, 0) is 19.4 Å². The molecule has 7 nitrogen and oxygen atoms in total. The molecule has 3 aromatic rings. The van der Waals surface area contributed by atoms with Crippen molar-refractivity contribution in [3.05, 3.63) is 39.8 Å². The number of hydrogen-bond acceptors (Lipinski definition) is 8. The molecule has 0 aliphatic rings. The molecule has 0 spiro atoms. The fourth-order valence-electron chi connectivity index (χ4n) is 3.83. The summed E-state index contributed by atoms with van der Waals surface area (Å²) in [6.45, 7) is 10.1. The summed E-state index contributed by atoms with van der Waals surface area (Å²) in [5.41, 5.74) is 4.11. The van der Waals surface area contributed by atoms with E-state index in [1.807, 2.05) is 26.0 Å². The molecule has 0 amide bonds. The lowest BCUT2D eigenvalue weighted by atomic mass is 10.0. The van der Waals surface area contributed by atoms with E-state index >= 15 is 0 Å². The number of hydrogen-bond donors (Lipinski definition) is 2. The summed E-state index contributed by atoms with van der Waals surface area (Å²) in [6.07, 6.45) is 1.95. The monoisotopic (exact) mass is 473 g/mol. The molecule has 0 saturated carbocycles. The zero-order valence-corrected chi connectivity index (χ0v) is 21.0. The van der Waals surface area contributed by atoms with E-state index in [2.05, 4.69) is 37.0 Å². The maximum Gasteiger partial charge on any atom is 0.268 e. The molecule has 180 valence electrons. The average molecular weight is 474 g/mol. The standard InChI is InChI=1S/C25H35N3O4S/c1-6-9-28(5)13-22-17(7-2)12-21(33-22)25-26-24(27-32-25)19-10-16(4)23(18(8-3)11-19)31-15-20(30)14-29/h10-12,20,29-30H,6-9,13-15H2,1-5H3/t20-/m1/s1. The third kappa shape index (κ3) is 6.20. The maximum atomic E-state index is 9.62. The van der Waals surface area contributed by atoms with Gasteiger partial charge in [0.25, 0.3) is 5.89 Å². The van der Waals surface area contributed by atoms with Gasteiger partial charge in [-0.1, -0.05) is 25.9 Å². The number of nitrogens with zero attached hydrogens (tertiary/aromatic N) is 3. The van der Waals surface area contributed by atoms with E-state index in [4.69, 9.17) is 19.4 Å². The van der Waals surface area contributed by atoms with Crippen molar-refractivity contribution in [3.8, 4) is 27.9 Å². The summed E-state index contributed by atoms with van der Waals surface area (Å²) in [6, 6.07) is 6.13. The quantitative estimate of drug-likeness (QED) is 0.401. The second kappa shape index (κ2) is 11.7. The first-order chi connectivity index (χ1) is 15.9. The van der Waals surface area contributed by atoms with Crippen LogP contribution in [0, 0.1) is 6.92 Å². The third-order valence-electron chi connectivity index (χ3n) is 5.55. The van der Waals surface area contributed by atoms with Gasteiger partial charge in [0.15, 0.2) is 0 Å². The van der Waals surface area contributed by atoms with Crippen LogP contribution in [0.1, 0.15) is 48.8 Å². The summed E-state index contributed by atoms with van der Waals surface area (Å²) in [4.78, 5) is 9.38. The third-order valence-corrected chi connectivity index (χ3v) is 6.70. The van der Waals surface area contributed by atoms with Crippen LogP contribution in [0.2, 0.25) is 0 Å². The highest BCUT2D eigenvalue weighted by Gasteiger charge is 2.18. The van der Waals surface area contributed by atoms with Crippen LogP contribution in [0.25, 0.3) is 22.2 Å². The van der Waals surface area contributed by atoms with E-state index in [1.54, 1.807) is 11.3 Å². The van der Waals surface area contributed by atoms with Crippen molar-refractivity contribution in [2.45, 2.75) is 59.6 Å². The van der Waals surface area contributed by atoms with Crippen molar-refractivity contribution in [3.63, 3.8) is 0 Å². The SMILES string of the molecule is CCCN(C)Cc1sc(-c2nc(-c3cc(C)c(OC[C@H](O)CO)c(CC)c3)no2)cc1CC. The Kier molecular flexibility index (Phi) is 9.02. The molecule has 1 atom stereocenters. The number of ether oxygens (including phenoxy) is 1. The number of thiophene rings is 1. The molecule has 2 aromatic heterocycles. The molecule has 2 heterocycles.